The number of anilines is 2. The van der Waals surface area contributed by atoms with E-state index in [-0.39, 0.29) is 11.4 Å². The number of carbonyl (C=O) groups is 1. The second-order valence-corrected chi connectivity index (χ2v) is 12.8. The van der Waals surface area contributed by atoms with Crippen LogP contribution in [0.1, 0.15) is 51.3 Å². The van der Waals surface area contributed by atoms with Gasteiger partial charge in [0.2, 0.25) is 0 Å². The number of likely N-dealkylation sites (tertiary alicyclic amines) is 1. The van der Waals surface area contributed by atoms with E-state index in [1.54, 1.807) is 11.3 Å². The molecule has 2 aromatic carbocycles. The third kappa shape index (κ3) is 7.68. The summed E-state index contributed by atoms with van der Waals surface area (Å²) in [4.78, 5) is 20.9. The SMILES string of the molecule is CC(C)(C)c1cc(NC(=O)Nc2ccc(-c3csc(-c4ccc(OCCCN5CCCCC5)cc4)n3)cc2)ns1. The van der Waals surface area contributed by atoms with Gasteiger partial charge in [-0.05, 0) is 91.8 Å². The van der Waals surface area contributed by atoms with Crippen LogP contribution in [0.5, 0.6) is 5.75 Å². The number of urea groups is 1. The molecular formula is C31H37N5O2S2. The van der Waals surface area contributed by atoms with Crippen molar-refractivity contribution in [3.8, 4) is 27.6 Å². The van der Waals surface area contributed by atoms with E-state index in [4.69, 9.17) is 9.72 Å². The lowest BCUT2D eigenvalue weighted by Gasteiger charge is -2.26. The summed E-state index contributed by atoms with van der Waals surface area (Å²) < 4.78 is 10.3. The van der Waals surface area contributed by atoms with Crippen LogP contribution in [0, 0.1) is 0 Å². The van der Waals surface area contributed by atoms with Gasteiger partial charge in [0.15, 0.2) is 0 Å². The van der Waals surface area contributed by atoms with Crippen LogP contribution in [0.4, 0.5) is 16.3 Å². The fourth-order valence-corrected chi connectivity index (χ4v) is 6.15. The Labute approximate surface area is 244 Å². The summed E-state index contributed by atoms with van der Waals surface area (Å²) in [5, 5.41) is 8.70. The van der Waals surface area contributed by atoms with Crippen LogP contribution in [0.3, 0.4) is 0 Å². The lowest BCUT2D eigenvalue weighted by Crippen LogP contribution is -2.31. The molecule has 5 rings (SSSR count). The third-order valence-electron chi connectivity index (χ3n) is 6.87. The van der Waals surface area contributed by atoms with Crippen molar-refractivity contribution < 1.29 is 9.53 Å². The number of amides is 2. The molecule has 0 atom stereocenters. The molecular weight excluding hydrogens is 539 g/mol. The number of nitrogens with zero attached hydrogens (tertiary/aromatic N) is 3. The molecule has 40 heavy (non-hydrogen) atoms. The summed E-state index contributed by atoms with van der Waals surface area (Å²) in [5.74, 6) is 1.46. The number of hydrogen-bond donors (Lipinski definition) is 2. The molecule has 2 amide bonds. The highest BCUT2D eigenvalue weighted by Gasteiger charge is 2.18. The minimum atomic E-state index is -0.316. The van der Waals surface area contributed by atoms with Crippen molar-refractivity contribution in [2.45, 2.75) is 51.9 Å². The summed E-state index contributed by atoms with van der Waals surface area (Å²) in [7, 11) is 0. The highest BCUT2D eigenvalue weighted by atomic mass is 32.1. The monoisotopic (exact) mass is 575 g/mol. The van der Waals surface area contributed by atoms with Gasteiger partial charge in [-0.15, -0.1) is 11.3 Å². The predicted octanol–water partition coefficient (Wildman–Crippen LogP) is 8.13. The second-order valence-electron chi connectivity index (χ2n) is 11.1. The summed E-state index contributed by atoms with van der Waals surface area (Å²) in [5.41, 5.74) is 3.68. The molecule has 7 nitrogen and oxygen atoms in total. The highest BCUT2D eigenvalue weighted by molar-refractivity contribution is 7.13. The van der Waals surface area contributed by atoms with Crippen molar-refractivity contribution in [2.24, 2.45) is 0 Å². The fourth-order valence-electron chi connectivity index (χ4n) is 4.58. The van der Waals surface area contributed by atoms with E-state index in [9.17, 15) is 4.79 Å². The lowest BCUT2D eigenvalue weighted by molar-refractivity contribution is 0.205. The molecule has 210 valence electrons. The van der Waals surface area contributed by atoms with Crippen LogP contribution in [0.25, 0.3) is 21.8 Å². The number of benzene rings is 2. The third-order valence-corrected chi connectivity index (χ3v) is 8.98. The number of piperidine rings is 1. The van der Waals surface area contributed by atoms with Crippen molar-refractivity contribution in [1.82, 2.24) is 14.3 Å². The average Bonchev–Trinajstić information content (AvgIpc) is 3.63. The quantitative estimate of drug-likeness (QED) is 0.197. The van der Waals surface area contributed by atoms with Gasteiger partial charge in [-0.1, -0.05) is 39.3 Å². The van der Waals surface area contributed by atoms with E-state index in [1.807, 2.05) is 42.5 Å². The molecule has 1 saturated heterocycles. The Bertz CT molecular complexity index is 1380. The van der Waals surface area contributed by atoms with Gasteiger partial charge < -0.3 is 15.0 Å². The van der Waals surface area contributed by atoms with Crippen LogP contribution in [0.2, 0.25) is 0 Å². The first-order valence-corrected chi connectivity index (χ1v) is 15.6. The van der Waals surface area contributed by atoms with Gasteiger partial charge in [-0.25, -0.2) is 9.78 Å². The Morgan fingerprint density at radius 1 is 0.975 bits per heavy atom. The zero-order valence-electron chi connectivity index (χ0n) is 23.4. The second kappa shape index (κ2) is 12.9. The molecule has 2 N–H and O–H groups in total. The zero-order valence-corrected chi connectivity index (χ0v) is 25.0. The highest BCUT2D eigenvalue weighted by Crippen LogP contribution is 2.31. The summed E-state index contributed by atoms with van der Waals surface area (Å²) in [6.07, 6.45) is 5.09. The van der Waals surface area contributed by atoms with Gasteiger partial charge >= 0.3 is 6.03 Å². The number of ether oxygens (including phenoxy) is 1. The molecule has 0 radical (unpaired) electrons. The number of nitrogens with one attached hydrogen (secondary N) is 2. The number of rotatable bonds is 9. The maximum atomic E-state index is 12.4. The topological polar surface area (TPSA) is 79.4 Å². The number of thiazole rings is 1. The molecule has 1 aliphatic rings. The van der Waals surface area contributed by atoms with E-state index in [1.165, 1.54) is 43.9 Å². The van der Waals surface area contributed by atoms with Crippen molar-refractivity contribution in [2.75, 3.05) is 36.9 Å². The molecule has 0 unspecified atom stereocenters. The molecule has 4 aromatic rings. The van der Waals surface area contributed by atoms with E-state index >= 15 is 0 Å². The molecule has 1 fully saturated rings. The van der Waals surface area contributed by atoms with E-state index in [0.29, 0.717) is 11.5 Å². The minimum absolute atomic E-state index is 0.00349. The summed E-state index contributed by atoms with van der Waals surface area (Å²) in [6.45, 7) is 10.7. The Morgan fingerprint density at radius 3 is 2.40 bits per heavy atom. The zero-order chi connectivity index (χ0) is 28.0. The van der Waals surface area contributed by atoms with E-state index in [2.05, 4.69) is 58.2 Å². The van der Waals surface area contributed by atoms with Gasteiger partial charge in [0, 0.05) is 33.6 Å². The summed E-state index contributed by atoms with van der Waals surface area (Å²) >= 11 is 3.02. The van der Waals surface area contributed by atoms with Crippen LogP contribution in [-0.4, -0.2) is 46.5 Å². The Kier molecular flexibility index (Phi) is 9.14. The maximum Gasteiger partial charge on any atom is 0.324 e. The van der Waals surface area contributed by atoms with Crippen molar-refractivity contribution in [3.05, 3.63) is 64.9 Å². The molecule has 2 aromatic heterocycles. The molecule has 9 heteroatoms. The van der Waals surface area contributed by atoms with Gasteiger partial charge in [0.05, 0.1) is 12.3 Å². The van der Waals surface area contributed by atoms with Crippen LogP contribution in [0.15, 0.2) is 60.0 Å². The van der Waals surface area contributed by atoms with Crippen LogP contribution >= 0.6 is 22.9 Å². The van der Waals surface area contributed by atoms with Crippen molar-refractivity contribution in [1.29, 1.82) is 0 Å². The van der Waals surface area contributed by atoms with Gasteiger partial charge in [-0.2, -0.15) is 4.37 Å². The molecule has 1 aliphatic heterocycles. The van der Waals surface area contributed by atoms with E-state index in [0.717, 1.165) is 52.0 Å². The van der Waals surface area contributed by atoms with Crippen molar-refractivity contribution >= 4 is 40.4 Å². The Hall–Kier alpha value is -3.27. The molecule has 0 aliphatic carbocycles. The largest absolute Gasteiger partial charge is 0.494 e. The Balaban J connectivity index is 1.11. The smallest absolute Gasteiger partial charge is 0.324 e. The fraction of sp³-hybridized carbons (Fsp3) is 0.387. The average molecular weight is 576 g/mol. The standard InChI is InChI=1S/C31H37N5O2S2/c1-31(2,3)27-20-28(35-40-27)34-30(37)32-24-12-8-22(9-13-24)26-21-39-29(33-26)23-10-14-25(15-11-23)38-19-7-18-36-16-5-4-6-17-36/h8-15,20-21H,4-7,16-19H2,1-3H3,(H2,32,34,35,37). The number of hydrogen-bond acceptors (Lipinski definition) is 7. The van der Waals surface area contributed by atoms with Crippen LogP contribution < -0.4 is 15.4 Å². The molecule has 0 spiro atoms. The first kappa shape index (κ1) is 28.3. The molecule has 0 bridgehead atoms. The maximum absolute atomic E-state index is 12.4. The number of aromatic nitrogens is 2. The first-order valence-electron chi connectivity index (χ1n) is 13.9. The number of carbonyl (C=O) groups excluding carboxylic acids is 1. The van der Waals surface area contributed by atoms with Gasteiger partial charge in [0.25, 0.3) is 0 Å². The Morgan fingerprint density at radius 2 is 1.70 bits per heavy atom. The van der Waals surface area contributed by atoms with Gasteiger partial charge in [-0.3, -0.25) is 5.32 Å². The van der Waals surface area contributed by atoms with E-state index < -0.39 is 0 Å². The lowest BCUT2D eigenvalue weighted by atomic mass is 9.95. The first-order chi connectivity index (χ1) is 19.3. The van der Waals surface area contributed by atoms with Crippen LogP contribution in [-0.2, 0) is 5.41 Å². The summed E-state index contributed by atoms with van der Waals surface area (Å²) in [6, 6.07) is 17.5. The minimum Gasteiger partial charge on any atom is -0.494 e. The van der Waals surface area contributed by atoms with Gasteiger partial charge in [0.1, 0.15) is 16.6 Å². The molecule has 3 heterocycles. The predicted molar refractivity (Wildman–Crippen MR) is 167 cm³/mol. The van der Waals surface area contributed by atoms with Crippen molar-refractivity contribution in [3.63, 3.8) is 0 Å². The molecule has 0 saturated carbocycles. The normalized spacial score (nSPS) is 14.2.